The smallest absolute Gasteiger partial charge is 0.227 e. The van der Waals surface area contributed by atoms with Gasteiger partial charge in [-0.3, -0.25) is 4.79 Å². The molecular weight excluding hydrogens is 300 g/mol. The zero-order valence-electron chi connectivity index (χ0n) is 11.2. The quantitative estimate of drug-likeness (QED) is 0.898. The van der Waals surface area contributed by atoms with Gasteiger partial charge in [0.25, 0.3) is 0 Å². The highest BCUT2D eigenvalue weighted by Gasteiger charge is 2.31. The predicted molar refractivity (Wildman–Crippen MR) is 79.4 cm³/mol. The SMILES string of the molecule is CCS(=O)(=O)NCC1CC(=O)N(c2ccc(Cl)cc2)C1. The first-order valence-corrected chi connectivity index (χ1v) is 8.47. The fourth-order valence-corrected chi connectivity index (χ4v) is 2.96. The molecule has 1 saturated heterocycles. The molecule has 0 bridgehead atoms. The summed E-state index contributed by atoms with van der Waals surface area (Å²) in [5.74, 6) is 0.0571. The van der Waals surface area contributed by atoms with Gasteiger partial charge in [-0.1, -0.05) is 11.6 Å². The maximum Gasteiger partial charge on any atom is 0.227 e. The van der Waals surface area contributed by atoms with Crippen molar-refractivity contribution in [1.29, 1.82) is 0 Å². The van der Waals surface area contributed by atoms with Crippen LogP contribution in [0.2, 0.25) is 5.02 Å². The highest BCUT2D eigenvalue weighted by atomic mass is 35.5. The van der Waals surface area contributed by atoms with Crippen LogP contribution in [-0.4, -0.2) is 33.2 Å². The van der Waals surface area contributed by atoms with Crippen LogP contribution in [0.15, 0.2) is 24.3 Å². The summed E-state index contributed by atoms with van der Waals surface area (Å²) in [5.41, 5.74) is 0.792. The van der Waals surface area contributed by atoms with Crippen molar-refractivity contribution in [3.8, 4) is 0 Å². The number of carbonyl (C=O) groups is 1. The molecule has 2 rings (SSSR count). The minimum atomic E-state index is -3.21. The summed E-state index contributed by atoms with van der Waals surface area (Å²) in [6.45, 7) is 2.40. The molecule has 1 fully saturated rings. The second-order valence-corrected chi connectivity index (χ2v) is 7.33. The summed E-state index contributed by atoms with van der Waals surface area (Å²) < 4.78 is 25.3. The molecule has 0 saturated carbocycles. The number of nitrogens with one attached hydrogen (secondary N) is 1. The topological polar surface area (TPSA) is 66.5 Å². The molecule has 1 heterocycles. The summed E-state index contributed by atoms with van der Waals surface area (Å²) in [4.78, 5) is 13.6. The van der Waals surface area contributed by atoms with Crippen molar-refractivity contribution in [2.24, 2.45) is 5.92 Å². The molecule has 110 valence electrons. The maximum atomic E-state index is 12.0. The molecule has 1 N–H and O–H groups in total. The van der Waals surface area contributed by atoms with E-state index in [2.05, 4.69) is 4.72 Å². The largest absolute Gasteiger partial charge is 0.312 e. The number of rotatable bonds is 5. The fraction of sp³-hybridized carbons (Fsp3) is 0.462. The molecule has 1 atom stereocenters. The first-order chi connectivity index (χ1) is 9.41. The van der Waals surface area contributed by atoms with Crippen LogP contribution in [0.4, 0.5) is 5.69 Å². The Balaban J connectivity index is 1.99. The first kappa shape index (κ1) is 15.3. The molecule has 1 aromatic carbocycles. The number of hydrogen-bond acceptors (Lipinski definition) is 3. The van der Waals surface area contributed by atoms with Crippen LogP contribution in [-0.2, 0) is 14.8 Å². The van der Waals surface area contributed by atoms with Crippen molar-refractivity contribution >= 4 is 33.2 Å². The van der Waals surface area contributed by atoms with E-state index < -0.39 is 10.0 Å². The van der Waals surface area contributed by atoms with E-state index in [1.807, 2.05) is 0 Å². The van der Waals surface area contributed by atoms with Gasteiger partial charge in [-0.2, -0.15) is 0 Å². The van der Waals surface area contributed by atoms with Crippen LogP contribution in [0.1, 0.15) is 13.3 Å². The van der Waals surface area contributed by atoms with Crippen LogP contribution in [0.25, 0.3) is 0 Å². The summed E-state index contributed by atoms with van der Waals surface area (Å²) in [5, 5.41) is 0.618. The Morgan fingerprint density at radius 1 is 1.35 bits per heavy atom. The van der Waals surface area contributed by atoms with Crippen LogP contribution in [0.5, 0.6) is 0 Å². The standard InChI is InChI=1S/C13H17ClN2O3S/c1-2-20(18,19)15-8-10-7-13(17)16(9-10)12-5-3-11(14)4-6-12/h3-6,10,15H,2,7-9H2,1H3. The van der Waals surface area contributed by atoms with Gasteiger partial charge in [0.05, 0.1) is 5.75 Å². The Bertz CT molecular complexity index is 586. The number of benzene rings is 1. The van der Waals surface area contributed by atoms with Crippen LogP contribution in [0, 0.1) is 5.92 Å². The molecule has 0 aromatic heterocycles. The molecule has 7 heteroatoms. The van der Waals surface area contributed by atoms with Gasteiger partial charge >= 0.3 is 0 Å². The van der Waals surface area contributed by atoms with Gasteiger partial charge in [0, 0.05) is 30.2 Å². The summed E-state index contributed by atoms with van der Waals surface area (Å²) in [6.07, 6.45) is 0.356. The Hall–Kier alpha value is -1.11. The van der Waals surface area contributed by atoms with Crippen LogP contribution < -0.4 is 9.62 Å². The number of halogens is 1. The van der Waals surface area contributed by atoms with Gasteiger partial charge in [0.15, 0.2) is 0 Å². The van der Waals surface area contributed by atoms with Gasteiger partial charge < -0.3 is 4.90 Å². The molecule has 1 aromatic rings. The number of sulfonamides is 1. The highest BCUT2D eigenvalue weighted by molar-refractivity contribution is 7.89. The van der Waals surface area contributed by atoms with Gasteiger partial charge in [-0.25, -0.2) is 13.1 Å². The van der Waals surface area contributed by atoms with Crippen molar-refractivity contribution in [3.05, 3.63) is 29.3 Å². The molecule has 0 radical (unpaired) electrons. The highest BCUT2D eigenvalue weighted by Crippen LogP contribution is 2.25. The molecule has 0 spiro atoms. The molecule has 1 amide bonds. The average Bonchev–Trinajstić information content (AvgIpc) is 2.79. The molecule has 1 unspecified atom stereocenters. The second kappa shape index (κ2) is 6.11. The zero-order chi connectivity index (χ0) is 14.8. The van der Waals surface area contributed by atoms with Gasteiger partial charge in [0.2, 0.25) is 15.9 Å². The third-order valence-corrected chi connectivity index (χ3v) is 4.93. The minimum Gasteiger partial charge on any atom is -0.312 e. The van der Waals surface area contributed by atoms with Gasteiger partial charge in [-0.15, -0.1) is 0 Å². The average molecular weight is 317 g/mol. The number of anilines is 1. The van der Waals surface area contributed by atoms with E-state index in [1.54, 1.807) is 36.1 Å². The number of carbonyl (C=O) groups excluding carboxylic acids is 1. The summed E-state index contributed by atoms with van der Waals surface area (Å²) in [6, 6.07) is 7.05. The van der Waals surface area contributed by atoms with Crippen molar-refractivity contribution in [2.45, 2.75) is 13.3 Å². The lowest BCUT2D eigenvalue weighted by Crippen LogP contribution is -2.32. The fourth-order valence-electron chi connectivity index (χ4n) is 2.14. The lowest BCUT2D eigenvalue weighted by atomic mass is 10.1. The van der Waals surface area contributed by atoms with E-state index in [0.29, 0.717) is 24.5 Å². The lowest BCUT2D eigenvalue weighted by Gasteiger charge is -2.17. The van der Waals surface area contributed by atoms with E-state index in [-0.39, 0.29) is 17.6 Å². The Labute approximate surface area is 124 Å². The maximum absolute atomic E-state index is 12.0. The Kier molecular flexibility index (Phi) is 4.67. The molecule has 1 aliphatic rings. The lowest BCUT2D eigenvalue weighted by molar-refractivity contribution is -0.117. The van der Waals surface area contributed by atoms with E-state index in [4.69, 9.17) is 11.6 Å². The normalized spacial score (nSPS) is 19.6. The monoisotopic (exact) mass is 316 g/mol. The van der Waals surface area contributed by atoms with Crippen molar-refractivity contribution in [3.63, 3.8) is 0 Å². The molecule has 1 aliphatic heterocycles. The molecule has 5 nitrogen and oxygen atoms in total. The van der Waals surface area contributed by atoms with Crippen molar-refractivity contribution in [1.82, 2.24) is 4.72 Å². The minimum absolute atomic E-state index is 0.000460. The molecule has 0 aliphatic carbocycles. The number of amides is 1. The number of nitrogens with zero attached hydrogens (tertiary/aromatic N) is 1. The summed E-state index contributed by atoms with van der Waals surface area (Å²) in [7, 11) is -3.21. The third kappa shape index (κ3) is 3.71. The Morgan fingerprint density at radius 2 is 2.00 bits per heavy atom. The van der Waals surface area contributed by atoms with Crippen molar-refractivity contribution < 1.29 is 13.2 Å². The Morgan fingerprint density at radius 3 is 2.60 bits per heavy atom. The third-order valence-electron chi connectivity index (χ3n) is 3.32. The van der Waals surface area contributed by atoms with E-state index >= 15 is 0 Å². The second-order valence-electron chi connectivity index (χ2n) is 4.80. The van der Waals surface area contributed by atoms with Crippen LogP contribution >= 0.6 is 11.6 Å². The van der Waals surface area contributed by atoms with E-state index in [1.165, 1.54) is 0 Å². The molecular formula is C13H17ClN2O3S. The first-order valence-electron chi connectivity index (χ1n) is 6.44. The van der Waals surface area contributed by atoms with Gasteiger partial charge in [-0.05, 0) is 37.1 Å². The predicted octanol–water partition coefficient (Wildman–Crippen LogP) is 1.63. The van der Waals surface area contributed by atoms with Crippen molar-refractivity contribution in [2.75, 3.05) is 23.7 Å². The molecule has 20 heavy (non-hydrogen) atoms. The van der Waals surface area contributed by atoms with E-state index in [9.17, 15) is 13.2 Å². The number of hydrogen-bond donors (Lipinski definition) is 1. The van der Waals surface area contributed by atoms with Crippen LogP contribution in [0.3, 0.4) is 0 Å². The summed E-state index contributed by atoms with van der Waals surface area (Å²) >= 11 is 5.82. The zero-order valence-corrected chi connectivity index (χ0v) is 12.7. The van der Waals surface area contributed by atoms with Gasteiger partial charge in [0.1, 0.15) is 0 Å². The van der Waals surface area contributed by atoms with E-state index in [0.717, 1.165) is 5.69 Å².